The van der Waals surface area contributed by atoms with Crippen molar-refractivity contribution in [3.05, 3.63) is 35.4 Å². The van der Waals surface area contributed by atoms with Crippen molar-refractivity contribution < 1.29 is 14.7 Å². The fourth-order valence-corrected chi connectivity index (χ4v) is 2.47. The van der Waals surface area contributed by atoms with E-state index < -0.39 is 11.5 Å². The second kappa shape index (κ2) is 5.74. The van der Waals surface area contributed by atoms with E-state index >= 15 is 0 Å². The first-order chi connectivity index (χ1) is 9.54. The minimum Gasteiger partial charge on any atom is -0.481 e. The van der Waals surface area contributed by atoms with Crippen molar-refractivity contribution in [3.8, 4) is 6.07 Å². The SMILES string of the molecule is N#CCc1cccc(C(=O)NC2(CC(=O)O)CCC2)c1. The number of nitrogens with one attached hydrogen (secondary N) is 1. The summed E-state index contributed by atoms with van der Waals surface area (Å²) in [5, 5.41) is 20.4. The maximum absolute atomic E-state index is 12.2. The molecule has 1 amide bonds. The molecule has 0 aromatic heterocycles. The van der Waals surface area contributed by atoms with Gasteiger partial charge in [-0.15, -0.1) is 0 Å². The number of carboxylic acid groups (broad SMARTS) is 1. The fourth-order valence-electron chi connectivity index (χ4n) is 2.47. The van der Waals surface area contributed by atoms with Gasteiger partial charge in [0.25, 0.3) is 5.91 Å². The Balaban J connectivity index is 2.09. The van der Waals surface area contributed by atoms with Crippen LogP contribution in [-0.2, 0) is 11.2 Å². The van der Waals surface area contributed by atoms with E-state index in [0.29, 0.717) is 18.4 Å². The van der Waals surface area contributed by atoms with Crippen molar-refractivity contribution in [1.82, 2.24) is 5.32 Å². The van der Waals surface area contributed by atoms with Crippen molar-refractivity contribution >= 4 is 11.9 Å². The number of hydrogen-bond donors (Lipinski definition) is 2. The molecule has 0 bridgehead atoms. The molecule has 1 fully saturated rings. The van der Waals surface area contributed by atoms with Gasteiger partial charge >= 0.3 is 5.97 Å². The molecule has 0 radical (unpaired) electrons. The first kappa shape index (κ1) is 14.1. The van der Waals surface area contributed by atoms with Gasteiger partial charge in [0.1, 0.15) is 0 Å². The van der Waals surface area contributed by atoms with Crippen LogP contribution in [0, 0.1) is 11.3 Å². The molecule has 0 atom stereocenters. The second-order valence-corrected chi connectivity index (χ2v) is 5.19. The van der Waals surface area contributed by atoms with Crippen molar-refractivity contribution in [2.45, 2.75) is 37.6 Å². The quantitative estimate of drug-likeness (QED) is 0.856. The van der Waals surface area contributed by atoms with Gasteiger partial charge in [-0.3, -0.25) is 9.59 Å². The predicted octanol–water partition coefficient (Wildman–Crippen LogP) is 1.88. The topological polar surface area (TPSA) is 90.2 Å². The highest BCUT2D eigenvalue weighted by Gasteiger charge is 2.40. The molecule has 0 aliphatic heterocycles. The molecule has 0 saturated heterocycles. The number of aliphatic carboxylic acids is 1. The van der Waals surface area contributed by atoms with Crippen molar-refractivity contribution in [1.29, 1.82) is 5.26 Å². The summed E-state index contributed by atoms with van der Waals surface area (Å²) in [5.74, 6) is -1.17. The lowest BCUT2D eigenvalue weighted by molar-refractivity contribution is -0.139. The lowest BCUT2D eigenvalue weighted by Crippen LogP contribution is -2.54. The minimum absolute atomic E-state index is 0.0450. The molecule has 2 N–H and O–H groups in total. The van der Waals surface area contributed by atoms with E-state index in [1.54, 1.807) is 24.3 Å². The van der Waals surface area contributed by atoms with Crippen LogP contribution in [0.5, 0.6) is 0 Å². The first-order valence-corrected chi connectivity index (χ1v) is 6.55. The summed E-state index contributed by atoms with van der Waals surface area (Å²) < 4.78 is 0. The Morgan fingerprint density at radius 1 is 1.40 bits per heavy atom. The minimum atomic E-state index is -0.900. The van der Waals surface area contributed by atoms with E-state index in [2.05, 4.69) is 5.32 Å². The van der Waals surface area contributed by atoms with E-state index in [4.69, 9.17) is 10.4 Å². The van der Waals surface area contributed by atoms with Crippen LogP contribution in [-0.4, -0.2) is 22.5 Å². The second-order valence-electron chi connectivity index (χ2n) is 5.19. The molecule has 104 valence electrons. The van der Waals surface area contributed by atoms with E-state index in [9.17, 15) is 9.59 Å². The van der Waals surface area contributed by atoms with Crippen molar-refractivity contribution in [2.24, 2.45) is 0 Å². The Labute approximate surface area is 117 Å². The monoisotopic (exact) mass is 272 g/mol. The smallest absolute Gasteiger partial charge is 0.305 e. The number of rotatable bonds is 5. The highest BCUT2D eigenvalue weighted by Crippen LogP contribution is 2.35. The molecular formula is C15H16N2O3. The number of carbonyl (C=O) groups is 2. The molecule has 1 saturated carbocycles. The van der Waals surface area contributed by atoms with Gasteiger partial charge in [-0.05, 0) is 37.0 Å². The van der Waals surface area contributed by atoms with Crippen molar-refractivity contribution in [3.63, 3.8) is 0 Å². The fraction of sp³-hybridized carbons (Fsp3) is 0.400. The summed E-state index contributed by atoms with van der Waals surface area (Å²) in [6, 6.07) is 8.90. The largest absolute Gasteiger partial charge is 0.481 e. The van der Waals surface area contributed by atoms with Gasteiger partial charge in [0, 0.05) is 5.56 Å². The van der Waals surface area contributed by atoms with Crippen LogP contribution in [0.25, 0.3) is 0 Å². The Bertz CT molecular complexity index is 571. The summed E-state index contributed by atoms with van der Waals surface area (Å²) in [6.45, 7) is 0. The van der Waals surface area contributed by atoms with Crippen LogP contribution in [0.3, 0.4) is 0 Å². The molecule has 2 rings (SSSR count). The molecule has 0 unspecified atom stereocenters. The first-order valence-electron chi connectivity index (χ1n) is 6.55. The van der Waals surface area contributed by atoms with Gasteiger partial charge in [0.2, 0.25) is 0 Å². The number of nitrogens with zero attached hydrogens (tertiary/aromatic N) is 1. The average molecular weight is 272 g/mol. The zero-order valence-electron chi connectivity index (χ0n) is 11.1. The number of amides is 1. The molecule has 0 spiro atoms. The predicted molar refractivity (Wildman–Crippen MR) is 72.1 cm³/mol. The zero-order chi connectivity index (χ0) is 14.6. The van der Waals surface area contributed by atoms with Crippen LogP contribution in [0.1, 0.15) is 41.6 Å². The Kier molecular flexibility index (Phi) is 4.04. The number of hydrogen-bond acceptors (Lipinski definition) is 3. The third kappa shape index (κ3) is 3.15. The molecular weight excluding hydrogens is 256 g/mol. The molecule has 0 heterocycles. The van der Waals surface area contributed by atoms with E-state index in [-0.39, 0.29) is 18.7 Å². The molecule has 5 heteroatoms. The summed E-state index contributed by atoms with van der Waals surface area (Å²) in [7, 11) is 0. The summed E-state index contributed by atoms with van der Waals surface area (Å²) in [4.78, 5) is 23.1. The number of benzene rings is 1. The highest BCUT2D eigenvalue weighted by molar-refractivity contribution is 5.95. The molecule has 1 aromatic carbocycles. The molecule has 5 nitrogen and oxygen atoms in total. The van der Waals surface area contributed by atoms with Gasteiger partial charge in [0.05, 0.1) is 24.4 Å². The summed E-state index contributed by atoms with van der Waals surface area (Å²) >= 11 is 0. The molecule has 20 heavy (non-hydrogen) atoms. The molecule has 1 aliphatic carbocycles. The van der Waals surface area contributed by atoms with Crippen LogP contribution >= 0.6 is 0 Å². The Hall–Kier alpha value is -2.35. The maximum atomic E-state index is 12.2. The van der Waals surface area contributed by atoms with Crippen molar-refractivity contribution in [2.75, 3.05) is 0 Å². The van der Waals surface area contributed by atoms with E-state index in [1.165, 1.54) is 0 Å². The van der Waals surface area contributed by atoms with Gasteiger partial charge < -0.3 is 10.4 Å². The summed E-state index contributed by atoms with van der Waals surface area (Å²) in [6.07, 6.45) is 2.53. The van der Waals surface area contributed by atoms with Crippen LogP contribution in [0.2, 0.25) is 0 Å². The zero-order valence-corrected chi connectivity index (χ0v) is 11.1. The normalized spacial score (nSPS) is 15.8. The van der Waals surface area contributed by atoms with Crippen LogP contribution < -0.4 is 5.32 Å². The van der Waals surface area contributed by atoms with Gasteiger partial charge in [-0.2, -0.15) is 5.26 Å². The lowest BCUT2D eigenvalue weighted by Gasteiger charge is -2.41. The molecule has 1 aliphatic rings. The van der Waals surface area contributed by atoms with Crippen LogP contribution in [0.15, 0.2) is 24.3 Å². The third-order valence-electron chi connectivity index (χ3n) is 3.65. The van der Waals surface area contributed by atoms with Crippen LogP contribution in [0.4, 0.5) is 0 Å². The number of nitriles is 1. The average Bonchev–Trinajstić information content (AvgIpc) is 2.36. The standard InChI is InChI=1S/C15H16N2O3/c16-8-5-11-3-1-4-12(9-11)14(20)17-15(6-2-7-15)10-13(18)19/h1,3-4,9H,2,5-7,10H2,(H,17,20)(H,18,19). The maximum Gasteiger partial charge on any atom is 0.305 e. The van der Waals surface area contributed by atoms with Gasteiger partial charge in [0.15, 0.2) is 0 Å². The van der Waals surface area contributed by atoms with Gasteiger partial charge in [-0.25, -0.2) is 0 Å². The molecule has 1 aromatic rings. The summed E-state index contributed by atoms with van der Waals surface area (Å²) in [5.41, 5.74) is 0.643. The number of carboxylic acids is 1. The van der Waals surface area contributed by atoms with Gasteiger partial charge in [-0.1, -0.05) is 12.1 Å². The Morgan fingerprint density at radius 2 is 2.15 bits per heavy atom. The number of carbonyl (C=O) groups excluding carboxylic acids is 1. The van der Waals surface area contributed by atoms with E-state index in [0.717, 1.165) is 12.0 Å². The highest BCUT2D eigenvalue weighted by atomic mass is 16.4. The Morgan fingerprint density at radius 3 is 2.70 bits per heavy atom. The third-order valence-corrected chi connectivity index (χ3v) is 3.65. The lowest BCUT2D eigenvalue weighted by atomic mass is 9.74. The van der Waals surface area contributed by atoms with E-state index in [1.807, 2.05) is 6.07 Å².